The van der Waals surface area contributed by atoms with E-state index in [2.05, 4.69) is 4.74 Å². The molecule has 2 aliphatic carbocycles. The summed E-state index contributed by atoms with van der Waals surface area (Å²) in [6.45, 7) is 0. The lowest BCUT2D eigenvalue weighted by atomic mass is 9.95. The van der Waals surface area contributed by atoms with Crippen molar-refractivity contribution in [3.05, 3.63) is 0 Å². The molecule has 9 heteroatoms. The van der Waals surface area contributed by atoms with Crippen molar-refractivity contribution in [2.45, 2.75) is 36.4 Å². The quantitative estimate of drug-likeness (QED) is 0.607. The van der Waals surface area contributed by atoms with Crippen LogP contribution in [-0.2, 0) is 23.8 Å². The molecule has 0 N–H and O–H groups in total. The Labute approximate surface area is 101 Å². The average molecular weight is 283 g/mol. The number of carbonyl (C=O) groups excluding carboxylic acids is 1. The number of aliphatic carboxylic acids is 1. The summed E-state index contributed by atoms with van der Waals surface area (Å²) in [5, 5.41) is 9.03. The maximum atomic E-state index is 13.0. The van der Waals surface area contributed by atoms with Gasteiger partial charge in [0.1, 0.15) is 11.2 Å². The highest BCUT2D eigenvalue weighted by Gasteiger charge is 2.66. The van der Waals surface area contributed by atoms with Crippen LogP contribution in [0.4, 0.5) is 8.78 Å². The first kappa shape index (κ1) is 12.2. The molecule has 5 unspecified atom stereocenters. The van der Waals surface area contributed by atoms with E-state index in [9.17, 15) is 27.1 Å². The first-order valence-corrected chi connectivity index (χ1v) is 6.89. The van der Waals surface area contributed by atoms with Crippen molar-refractivity contribution >= 4 is 16.1 Å². The summed E-state index contributed by atoms with van der Waals surface area (Å²) in [4.78, 5) is 10.2. The Morgan fingerprint density at radius 1 is 1.39 bits per heavy atom. The molecule has 5 atom stereocenters. The first-order valence-electron chi connectivity index (χ1n) is 5.41. The van der Waals surface area contributed by atoms with Crippen LogP contribution in [0.25, 0.3) is 0 Å². The Hall–Kier alpha value is -0.800. The highest BCUT2D eigenvalue weighted by molar-refractivity contribution is 7.87. The van der Waals surface area contributed by atoms with Gasteiger partial charge in [0.25, 0.3) is 10.1 Å². The van der Waals surface area contributed by atoms with Crippen LogP contribution in [0.1, 0.15) is 12.8 Å². The zero-order valence-corrected chi connectivity index (χ0v) is 9.73. The van der Waals surface area contributed by atoms with Crippen LogP contribution in [0.3, 0.4) is 0 Å². The minimum absolute atomic E-state index is 0.300. The van der Waals surface area contributed by atoms with Crippen molar-refractivity contribution in [3.63, 3.8) is 0 Å². The van der Waals surface area contributed by atoms with Crippen LogP contribution in [0.2, 0.25) is 0 Å². The first-order chi connectivity index (χ1) is 8.22. The molecule has 2 saturated carbocycles. The van der Waals surface area contributed by atoms with Gasteiger partial charge in [0, 0.05) is 5.92 Å². The number of carboxylic acid groups (broad SMARTS) is 1. The molecule has 18 heavy (non-hydrogen) atoms. The van der Waals surface area contributed by atoms with Gasteiger partial charge < -0.3 is 14.6 Å². The monoisotopic (exact) mass is 283 g/mol. The summed E-state index contributed by atoms with van der Waals surface area (Å²) in [6.07, 6.45) is -5.59. The highest BCUT2D eigenvalue weighted by atomic mass is 32.2. The molecule has 1 saturated heterocycles. The van der Waals surface area contributed by atoms with Gasteiger partial charge in [-0.05, 0) is 18.8 Å². The predicted octanol–water partition coefficient (Wildman–Crippen LogP) is -1.15. The topological polar surface area (TPSA) is 92.7 Å². The highest BCUT2D eigenvalue weighted by Crippen LogP contribution is 2.56. The lowest BCUT2D eigenvalue weighted by Gasteiger charge is -2.29. The number of hydrogen-bond donors (Lipinski definition) is 0. The third kappa shape index (κ3) is 1.50. The van der Waals surface area contributed by atoms with Crippen molar-refractivity contribution in [2.75, 3.05) is 0 Å². The van der Waals surface area contributed by atoms with E-state index in [1.54, 1.807) is 0 Å². The molecular formula is C9H9F2O6S-. The lowest BCUT2D eigenvalue weighted by molar-refractivity contribution is -0.369. The van der Waals surface area contributed by atoms with Crippen LogP contribution >= 0.6 is 0 Å². The van der Waals surface area contributed by atoms with E-state index in [1.165, 1.54) is 0 Å². The number of alkyl halides is 2. The Bertz CT molecular complexity index is 501. The van der Waals surface area contributed by atoms with Gasteiger partial charge in [-0.25, -0.2) is 0 Å². The van der Waals surface area contributed by atoms with E-state index in [0.29, 0.717) is 12.8 Å². The Morgan fingerprint density at radius 2 is 2.06 bits per heavy atom. The molecule has 0 spiro atoms. The molecule has 0 aromatic rings. The zero-order chi connectivity index (χ0) is 13.3. The van der Waals surface area contributed by atoms with E-state index < -0.39 is 45.6 Å². The normalized spacial score (nSPS) is 44.4. The van der Waals surface area contributed by atoms with E-state index in [1.807, 2.05) is 0 Å². The van der Waals surface area contributed by atoms with Gasteiger partial charge in [-0.1, -0.05) is 0 Å². The minimum atomic E-state index is -4.48. The Morgan fingerprint density at radius 3 is 2.67 bits per heavy atom. The minimum Gasteiger partial charge on any atom is -0.542 e. The Kier molecular flexibility index (Phi) is 2.31. The van der Waals surface area contributed by atoms with Crippen molar-refractivity contribution in [3.8, 4) is 0 Å². The van der Waals surface area contributed by atoms with Crippen LogP contribution in [-0.4, -0.2) is 38.0 Å². The molecule has 0 aromatic heterocycles. The van der Waals surface area contributed by atoms with Gasteiger partial charge in [-0.2, -0.15) is 17.2 Å². The number of carbonyl (C=O) groups is 1. The molecule has 2 bridgehead atoms. The molecule has 0 radical (unpaired) electrons. The molecule has 1 heterocycles. The van der Waals surface area contributed by atoms with Crippen molar-refractivity contribution in [2.24, 2.45) is 11.8 Å². The second-order valence-corrected chi connectivity index (χ2v) is 6.60. The third-order valence-corrected chi connectivity index (χ3v) is 5.71. The standard InChI is InChI=1S/C9H10F2O6S/c10-9(11,8(12)13)16-6-3-1-4-5(2-3)17-18(14,15)7(4)6/h3-7H,1-2H2,(H,12,13)/p-1. The molecule has 3 fully saturated rings. The van der Waals surface area contributed by atoms with Crippen LogP contribution in [0, 0.1) is 11.8 Å². The van der Waals surface area contributed by atoms with Crippen LogP contribution in [0.5, 0.6) is 0 Å². The summed E-state index contributed by atoms with van der Waals surface area (Å²) in [7, 11) is -3.95. The number of hydrogen-bond acceptors (Lipinski definition) is 6. The largest absolute Gasteiger partial charge is 0.542 e. The molecule has 0 aromatic carbocycles. The lowest BCUT2D eigenvalue weighted by Crippen LogP contribution is -2.50. The second-order valence-electron chi connectivity index (χ2n) is 4.87. The Balaban J connectivity index is 1.89. The molecular weight excluding hydrogens is 274 g/mol. The number of rotatable bonds is 3. The molecule has 1 aliphatic heterocycles. The van der Waals surface area contributed by atoms with Gasteiger partial charge in [0.05, 0.1) is 12.2 Å². The van der Waals surface area contributed by atoms with Crippen LogP contribution < -0.4 is 5.11 Å². The maximum absolute atomic E-state index is 13.0. The van der Waals surface area contributed by atoms with E-state index in [-0.39, 0.29) is 5.92 Å². The third-order valence-electron chi connectivity index (χ3n) is 3.91. The van der Waals surface area contributed by atoms with Gasteiger partial charge in [0.15, 0.2) is 0 Å². The van der Waals surface area contributed by atoms with E-state index >= 15 is 0 Å². The van der Waals surface area contributed by atoms with E-state index in [0.717, 1.165) is 0 Å². The fourth-order valence-corrected chi connectivity index (χ4v) is 5.32. The molecule has 3 rings (SSSR count). The fourth-order valence-electron chi connectivity index (χ4n) is 3.30. The smallest absolute Gasteiger partial charge is 0.397 e. The number of carboxylic acids is 1. The predicted molar refractivity (Wildman–Crippen MR) is 48.6 cm³/mol. The maximum Gasteiger partial charge on any atom is 0.397 e. The van der Waals surface area contributed by atoms with Gasteiger partial charge in [-0.15, -0.1) is 0 Å². The van der Waals surface area contributed by atoms with Crippen molar-refractivity contribution in [1.82, 2.24) is 0 Å². The second kappa shape index (κ2) is 3.40. The number of fused-ring (bicyclic) bond motifs is 1. The average Bonchev–Trinajstić information content (AvgIpc) is 2.76. The number of ether oxygens (including phenoxy) is 1. The van der Waals surface area contributed by atoms with Gasteiger partial charge >= 0.3 is 6.11 Å². The number of halogens is 2. The van der Waals surface area contributed by atoms with Gasteiger partial charge in [0.2, 0.25) is 0 Å². The zero-order valence-electron chi connectivity index (χ0n) is 8.91. The summed E-state index contributed by atoms with van der Waals surface area (Å²) >= 11 is 0. The van der Waals surface area contributed by atoms with Crippen molar-refractivity contribution < 1.29 is 36.0 Å². The molecule has 6 nitrogen and oxygen atoms in total. The molecule has 102 valence electrons. The fraction of sp³-hybridized carbons (Fsp3) is 0.889. The molecule has 3 aliphatic rings. The van der Waals surface area contributed by atoms with Crippen molar-refractivity contribution in [1.29, 1.82) is 0 Å². The van der Waals surface area contributed by atoms with Crippen LogP contribution in [0.15, 0.2) is 0 Å². The SMILES string of the molecule is O=C([O-])C(F)(F)OC1C2CC3OS(=O)(=O)C1C3C2. The summed E-state index contributed by atoms with van der Waals surface area (Å²) in [6, 6.07) is 0. The molecule has 0 amide bonds. The summed E-state index contributed by atoms with van der Waals surface area (Å²) in [5.74, 6) is -3.45. The van der Waals surface area contributed by atoms with E-state index in [4.69, 9.17) is 4.18 Å². The summed E-state index contributed by atoms with van der Waals surface area (Å²) in [5.41, 5.74) is 0. The summed E-state index contributed by atoms with van der Waals surface area (Å²) < 4.78 is 58.2. The van der Waals surface area contributed by atoms with Gasteiger partial charge in [-0.3, -0.25) is 4.18 Å².